The van der Waals surface area contributed by atoms with Crippen LogP contribution in [0.5, 0.6) is 0 Å². The summed E-state index contributed by atoms with van der Waals surface area (Å²) in [6.45, 7) is 3.35. The van der Waals surface area contributed by atoms with Crippen molar-refractivity contribution in [2.45, 2.75) is 45.2 Å². The van der Waals surface area contributed by atoms with Gasteiger partial charge in [-0.2, -0.15) is 0 Å². The first kappa shape index (κ1) is 12.0. The van der Waals surface area contributed by atoms with Gasteiger partial charge in [0.05, 0.1) is 5.01 Å². The second kappa shape index (κ2) is 5.75. The van der Waals surface area contributed by atoms with E-state index in [9.17, 15) is 0 Å². The summed E-state index contributed by atoms with van der Waals surface area (Å²) in [5, 5.41) is 13.8. The first-order valence-electron chi connectivity index (χ1n) is 6.03. The van der Waals surface area contributed by atoms with E-state index in [0.717, 1.165) is 24.4 Å². The van der Waals surface area contributed by atoms with Crippen LogP contribution in [0.1, 0.15) is 35.6 Å². The molecule has 1 fully saturated rings. The second-order valence-electron chi connectivity index (χ2n) is 4.63. The zero-order valence-electron chi connectivity index (χ0n) is 9.78. The smallest absolute Gasteiger partial charge is 0.0897 e. The molecular weight excluding hydrogens is 220 g/mol. The number of nitrogens with one attached hydrogen (secondary N) is 1. The highest BCUT2D eigenvalue weighted by Gasteiger charge is 2.19. The third-order valence-electron chi connectivity index (χ3n) is 3.34. The Balaban J connectivity index is 1.71. The van der Waals surface area contributed by atoms with Crippen molar-refractivity contribution >= 4 is 11.3 Å². The summed E-state index contributed by atoms with van der Waals surface area (Å²) in [5.74, 6) is 0.545. The molecule has 3 nitrogen and oxygen atoms in total. The molecule has 0 bridgehead atoms. The summed E-state index contributed by atoms with van der Waals surface area (Å²) < 4.78 is 0. The maximum Gasteiger partial charge on any atom is 0.0897 e. The molecule has 1 heterocycles. The topological polar surface area (TPSA) is 45.2 Å². The summed E-state index contributed by atoms with van der Waals surface area (Å²) in [6, 6.07) is 0.630. The molecule has 0 radical (unpaired) electrons. The molecule has 4 heteroatoms. The number of rotatable bonds is 4. The lowest BCUT2D eigenvalue weighted by Crippen LogP contribution is -2.33. The molecule has 2 rings (SSSR count). The van der Waals surface area contributed by atoms with E-state index in [-0.39, 0.29) is 0 Å². The largest absolute Gasteiger partial charge is 0.396 e. The van der Waals surface area contributed by atoms with Crippen molar-refractivity contribution in [1.82, 2.24) is 10.3 Å². The molecule has 0 amide bonds. The van der Waals surface area contributed by atoms with Crippen LogP contribution in [0.3, 0.4) is 0 Å². The summed E-state index contributed by atoms with van der Waals surface area (Å²) in [6.07, 6.45) is 6.68. The highest BCUT2D eigenvalue weighted by atomic mass is 32.1. The predicted molar refractivity (Wildman–Crippen MR) is 66.5 cm³/mol. The van der Waals surface area contributed by atoms with E-state index in [4.69, 9.17) is 5.11 Å². The summed E-state index contributed by atoms with van der Waals surface area (Å²) in [4.78, 5) is 5.57. The molecule has 16 heavy (non-hydrogen) atoms. The van der Waals surface area contributed by atoms with E-state index in [1.54, 1.807) is 11.3 Å². The van der Waals surface area contributed by atoms with Crippen LogP contribution >= 0.6 is 11.3 Å². The van der Waals surface area contributed by atoms with Crippen molar-refractivity contribution < 1.29 is 5.11 Å². The number of aromatic nitrogens is 1. The van der Waals surface area contributed by atoms with Crippen LogP contribution in [-0.2, 0) is 6.54 Å². The predicted octanol–water partition coefficient (Wildman–Crippen LogP) is 2.09. The molecule has 0 saturated heterocycles. The van der Waals surface area contributed by atoms with Crippen LogP contribution in [0.4, 0.5) is 0 Å². The molecule has 0 atom stereocenters. The maximum atomic E-state index is 9.06. The van der Waals surface area contributed by atoms with Crippen molar-refractivity contribution in [3.8, 4) is 0 Å². The van der Waals surface area contributed by atoms with Gasteiger partial charge in [0, 0.05) is 30.3 Å². The first-order valence-corrected chi connectivity index (χ1v) is 6.85. The Kier molecular flexibility index (Phi) is 4.32. The van der Waals surface area contributed by atoms with E-state index in [1.165, 1.54) is 17.7 Å². The highest BCUT2D eigenvalue weighted by molar-refractivity contribution is 7.11. The van der Waals surface area contributed by atoms with Crippen LogP contribution in [0.15, 0.2) is 6.20 Å². The molecule has 0 aromatic carbocycles. The number of nitrogens with zero attached hydrogens (tertiary/aromatic N) is 1. The zero-order chi connectivity index (χ0) is 11.4. The highest BCUT2D eigenvalue weighted by Crippen LogP contribution is 2.24. The molecule has 1 saturated carbocycles. The maximum absolute atomic E-state index is 9.06. The molecule has 2 N–H and O–H groups in total. The quantitative estimate of drug-likeness (QED) is 0.847. The first-order chi connectivity index (χ1) is 7.78. The number of hydrogen-bond acceptors (Lipinski definition) is 4. The summed E-state index contributed by atoms with van der Waals surface area (Å²) in [5.41, 5.74) is 0. The Bertz CT molecular complexity index is 319. The van der Waals surface area contributed by atoms with Gasteiger partial charge < -0.3 is 10.4 Å². The Morgan fingerprint density at radius 3 is 2.75 bits per heavy atom. The lowest BCUT2D eigenvalue weighted by Gasteiger charge is -2.27. The second-order valence-corrected chi connectivity index (χ2v) is 5.95. The van der Waals surface area contributed by atoms with Crippen LogP contribution in [-0.4, -0.2) is 22.7 Å². The van der Waals surface area contributed by atoms with Crippen molar-refractivity contribution in [2.24, 2.45) is 5.92 Å². The number of thiazole rings is 1. The van der Waals surface area contributed by atoms with E-state index < -0.39 is 0 Å². The van der Waals surface area contributed by atoms with Crippen LogP contribution in [0, 0.1) is 12.8 Å². The van der Waals surface area contributed by atoms with Gasteiger partial charge in [-0.15, -0.1) is 11.3 Å². The Hall–Kier alpha value is -0.450. The number of hydrogen-bond donors (Lipinski definition) is 2. The minimum Gasteiger partial charge on any atom is -0.396 e. The van der Waals surface area contributed by atoms with Gasteiger partial charge in [0.25, 0.3) is 0 Å². The Labute approximate surface area is 101 Å². The van der Waals surface area contributed by atoms with Gasteiger partial charge >= 0.3 is 0 Å². The van der Waals surface area contributed by atoms with Gasteiger partial charge in [-0.25, -0.2) is 4.98 Å². The standard InChI is InChI=1S/C12H20N2OS/c1-9-13-6-12(16-9)7-14-11-4-2-10(8-15)3-5-11/h6,10-11,14-15H,2-5,7-8H2,1H3. The summed E-state index contributed by atoms with van der Waals surface area (Å²) >= 11 is 1.77. The number of aryl methyl sites for hydroxylation is 1. The molecule has 0 spiro atoms. The molecular formula is C12H20N2OS. The summed E-state index contributed by atoms with van der Waals surface area (Å²) in [7, 11) is 0. The van der Waals surface area contributed by atoms with Crippen molar-refractivity contribution in [3.05, 3.63) is 16.1 Å². The lowest BCUT2D eigenvalue weighted by atomic mass is 9.86. The van der Waals surface area contributed by atoms with Gasteiger partial charge in [-0.1, -0.05) is 0 Å². The van der Waals surface area contributed by atoms with Crippen molar-refractivity contribution in [2.75, 3.05) is 6.61 Å². The van der Waals surface area contributed by atoms with E-state index >= 15 is 0 Å². The average Bonchev–Trinajstić information content (AvgIpc) is 2.73. The molecule has 90 valence electrons. The molecule has 1 aromatic rings. The lowest BCUT2D eigenvalue weighted by molar-refractivity contribution is 0.175. The van der Waals surface area contributed by atoms with Gasteiger partial charge in [-0.3, -0.25) is 0 Å². The number of aliphatic hydroxyl groups excluding tert-OH is 1. The third kappa shape index (κ3) is 3.27. The van der Waals surface area contributed by atoms with Gasteiger partial charge in [0.15, 0.2) is 0 Å². The normalized spacial score (nSPS) is 25.9. The van der Waals surface area contributed by atoms with Gasteiger partial charge in [0.2, 0.25) is 0 Å². The molecule has 1 aromatic heterocycles. The monoisotopic (exact) mass is 240 g/mol. The van der Waals surface area contributed by atoms with E-state index in [2.05, 4.69) is 10.3 Å². The van der Waals surface area contributed by atoms with Gasteiger partial charge in [0.1, 0.15) is 0 Å². The minimum absolute atomic E-state index is 0.362. The fourth-order valence-corrected chi connectivity index (χ4v) is 3.03. The average molecular weight is 240 g/mol. The molecule has 1 aliphatic carbocycles. The van der Waals surface area contributed by atoms with Crippen molar-refractivity contribution in [3.63, 3.8) is 0 Å². The molecule has 0 aliphatic heterocycles. The zero-order valence-corrected chi connectivity index (χ0v) is 10.6. The fraction of sp³-hybridized carbons (Fsp3) is 0.750. The Morgan fingerprint density at radius 1 is 1.44 bits per heavy atom. The minimum atomic E-state index is 0.362. The van der Waals surface area contributed by atoms with Crippen LogP contribution < -0.4 is 5.32 Å². The van der Waals surface area contributed by atoms with E-state index in [0.29, 0.717) is 18.6 Å². The number of aliphatic hydroxyl groups is 1. The Morgan fingerprint density at radius 2 is 2.19 bits per heavy atom. The molecule has 0 unspecified atom stereocenters. The van der Waals surface area contributed by atoms with Crippen molar-refractivity contribution in [1.29, 1.82) is 0 Å². The molecule has 1 aliphatic rings. The van der Waals surface area contributed by atoms with Gasteiger partial charge in [-0.05, 0) is 38.5 Å². The van der Waals surface area contributed by atoms with Crippen LogP contribution in [0.25, 0.3) is 0 Å². The third-order valence-corrected chi connectivity index (χ3v) is 4.25. The van der Waals surface area contributed by atoms with E-state index in [1.807, 2.05) is 13.1 Å². The fourth-order valence-electron chi connectivity index (χ4n) is 2.28. The van der Waals surface area contributed by atoms with Crippen LogP contribution in [0.2, 0.25) is 0 Å². The SMILES string of the molecule is Cc1ncc(CNC2CCC(CO)CC2)s1.